The van der Waals surface area contributed by atoms with Crippen LogP contribution in [0.25, 0.3) is 0 Å². The molecule has 19 heavy (non-hydrogen) atoms. The highest BCUT2D eigenvalue weighted by Gasteiger charge is 2.21. The summed E-state index contributed by atoms with van der Waals surface area (Å²) in [6, 6.07) is 2.12. The first-order valence-electron chi connectivity index (χ1n) is 7.28. The van der Waals surface area contributed by atoms with Gasteiger partial charge >= 0.3 is 0 Å². The van der Waals surface area contributed by atoms with Gasteiger partial charge in [-0.25, -0.2) is 9.97 Å². The second-order valence-electron chi connectivity index (χ2n) is 5.91. The molecule has 0 bridgehead atoms. The van der Waals surface area contributed by atoms with Crippen molar-refractivity contribution in [3.63, 3.8) is 0 Å². The molecule has 0 saturated carbocycles. The topological polar surface area (TPSA) is 55.0 Å². The van der Waals surface area contributed by atoms with Crippen LogP contribution >= 0.6 is 0 Å². The first-order chi connectivity index (χ1) is 9.02. The van der Waals surface area contributed by atoms with Gasteiger partial charge in [-0.15, -0.1) is 0 Å². The Kier molecular flexibility index (Phi) is 6.22. The highest BCUT2D eigenvalue weighted by molar-refractivity contribution is 5.39. The molecule has 0 aliphatic rings. The average molecular weight is 264 g/mol. The molecule has 0 fully saturated rings. The van der Waals surface area contributed by atoms with E-state index in [0.29, 0.717) is 6.54 Å². The summed E-state index contributed by atoms with van der Waals surface area (Å²) in [5, 5.41) is 0. The molecule has 1 aromatic heterocycles. The molecule has 0 aliphatic carbocycles. The van der Waals surface area contributed by atoms with Gasteiger partial charge in [0.15, 0.2) is 0 Å². The highest BCUT2D eigenvalue weighted by atomic mass is 15.2. The fraction of sp³-hybridized carbons (Fsp3) is 0.733. The zero-order valence-corrected chi connectivity index (χ0v) is 12.8. The van der Waals surface area contributed by atoms with Crippen LogP contribution in [0.5, 0.6) is 0 Å². The van der Waals surface area contributed by atoms with E-state index < -0.39 is 0 Å². The molecule has 0 spiro atoms. The van der Waals surface area contributed by atoms with E-state index in [9.17, 15) is 0 Å². The van der Waals surface area contributed by atoms with E-state index in [4.69, 9.17) is 5.73 Å². The monoisotopic (exact) mass is 264 g/mol. The predicted octanol–water partition coefficient (Wildman–Crippen LogP) is 2.63. The number of anilines is 1. The van der Waals surface area contributed by atoms with Crippen LogP contribution in [0, 0.1) is 5.41 Å². The lowest BCUT2D eigenvalue weighted by molar-refractivity contribution is 0.376. The number of nitrogens with two attached hydrogens (primary N) is 1. The van der Waals surface area contributed by atoms with E-state index in [-0.39, 0.29) is 5.41 Å². The number of nitrogens with zero attached hydrogens (tertiary/aromatic N) is 3. The van der Waals surface area contributed by atoms with Crippen molar-refractivity contribution in [3.8, 4) is 0 Å². The highest BCUT2D eigenvalue weighted by Crippen LogP contribution is 2.20. The molecule has 1 heterocycles. The van der Waals surface area contributed by atoms with Gasteiger partial charge in [0.05, 0.1) is 0 Å². The number of aryl methyl sites for hydroxylation is 1. The van der Waals surface area contributed by atoms with Gasteiger partial charge in [0, 0.05) is 24.8 Å². The number of hydrogen-bond donors (Lipinski definition) is 1. The third kappa shape index (κ3) is 5.15. The van der Waals surface area contributed by atoms with Gasteiger partial charge in [0.2, 0.25) is 0 Å². The first kappa shape index (κ1) is 15.9. The molecule has 4 nitrogen and oxygen atoms in total. The van der Waals surface area contributed by atoms with Crippen LogP contribution in [-0.4, -0.2) is 29.6 Å². The molecule has 108 valence electrons. The lowest BCUT2D eigenvalue weighted by Crippen LogP contribution is -2.39. The van der Waals surface area contributed by atoms with E-state index in [1.54, 1.807) is 6.33 Å². The molecule has 0 aliphatic heterocycles. The first-order valence-corrected chi connectivity index (χ1v) is 7.28. The van der Waals surface area contributed by atoms with Gasteiger partial charge < -0.3 is 10.6 Å². The molecule has 0 amide bonds. The number of aromatic nitrogens is 2. The Morgan fingerprint density at radius 2 is 1.95 bits per heavy atom. The molecular weight excluding hydrogens is 236 g/mol. The van der Waals surface area contributed by atoms with E-state index in [0.717, 1.165) is 43.9 Å². The summed E-state index contributed by atoms with van der Waals surface area (Å²) >= 11 is 0. The van der Waals surface area contributed by atoms with Crippen LogP contribution < -0.4 is 10.6 Å². The minimum Gasteiger partial charge on any atom is -0.356 e. The molecular formula is C15H28N4. The van der Waals surface area contributed by atoms with Crippen molar-refractivity contribution < 1.29 is 0 Å². The summed E-state index contributed by atoms with van der Waals surface area (Å²) < 4.78 is 0. The smallest absolute Gasteiger partial charge is 0.132 e. The fourth-order valence-electron chi connectivity index (χ4n) is 2.08. The molecule has 0 atom stereocenters. The van der Waals surface area contributed by atoms with E-state index in [1.165, 1.54) is 0 Å². The summed E-state index contributed by atoms with van der Waals surface area (Å²) in [7, 11) is 0. The molecule has 4 heteroatoms. The van der Waals surface area contributed by atoms with Crippen LogP contribution in [-0.2, 0) is 6.42 Å². The molecule has 0 aromatic carbocycles. The van der Waals surface area contributed by atoms with Gasteiger partial charge in [-0.2, -0.15) is 0 Å². The van der Waals surface area contributed by atoms with Crippen LogP contribution in [0.1, 0.15) is 46.2 Å². The van der Waals surface area contributed by atoms with Crippen LogP contribution in [0.2, 0.25) is 0 Å². The Morgan fingerprint density at radius 1 is 1.21 bits per heavy atom. The van der Waals surface area contributed by atoms with Crippen molar-refractivity contribution in [2.45, 2.75) is 47.0 Å². The summed E-state index contributed by atoms with van der Waals surface area (Å²) in [6.45, 7) is 11.4. The Labute approximate surface area is 117 Å². The molecule has 1 aromatic rings. The average Bonchev–Trinajstić information content (AvgIpc) is 2.39. The van der Waals surface area contributed by atoms with Crippen LogP contribution in [0.3, 0.4) is 0 Å². The van der Waals surface area contributed by atoms with Crippen molar-refractivity contribution in [1.82, 2.24) is 9.97 Å². The van der Waals surface area contributed by atoms with Gasteiger partial charge in [-0.3, -0.25) is 0 Å². The fourth-order valence-corrected chi connectivity index (χ4v) is 2.08. The zero-order valence-electron chi connectivity index (χ0n) is 12.8. The minimum absolute atomic E-state index is 0.102. The lowest BCUT2D eigenvalue weighted by Gasteiger charge is -2.32. The van der Waals surface area contributed by atoms with Gasteiger partial charge in [0.25, 0.3) is 0 Å². The molecule has 0 radical (unpaired) electrons. The van der Waals surface area contributed by atoms with E-state index >= 15 is 0 Å². The van der Waals surface area contributed by atoms with Gasteiger partial charge in [-0.1, -0.05) is 34.1 Å². The van der Waals surface area contributed by atoms with E-state index in [1.807, 2.05) is 0 Å². The Bertz CT molecular complexity index is 376. The Balaban J connectivity index is 2.88. The molecule has 2 N–H and O–H groups in total. The maximum Gasteiger partial charge on any atom is 0.132 e. The molecule has 1 rings (SSSR count). The van der Waals surface area contributed by atoms with Crippen molar-refractivity contribution in [3.05, 3.63) is 18.1 Å². The normalized spacial score (nSPS) is 11.6. The number of rotatable bonds is 8. The van der Waals surface area contributed by atoms with Crippen molar-refractivity contribution >= 4 is 5.82 Å². The molecule has 0 unspecified atom stereocenters. The van der Waals surface area contributed by atoms with Gasteiger partial charge in [0.1, 0.15) is 12.1 Å². The summed E-state index contributed by atoms with van der Waals surface area (Å²) in [6.07, 6.45) is 4.90. The van der Waals surface area contributed by atoms with Crippen LogP contribution in [0.15, 0.2) is 12.4 Å². The summed E-state index contributed by atoms with van der Waals surface area (Å²) in [5.41, 5.74) is 7.07. The van der Waals surface area contributed by atoms with Crippen molar-refractivity contribution in [2.24, 2.45) is 11.1 Å². The standard InChI is InChI=1S/C15H28N4/c1-5-7-13-9-14(18-12-17-13)19(8-6-2)11-15(3,4)10-16/h9,12H,5-8,10-11,16H2,1-4H3. The zero-order chi connectivity index (χ0) is 14.3. The maximum atomic E-state index is 5.85. The van der Waals surface area contributed by atoms with Crippen molar-refractivity contribution in [1.29, 1.82) is 0 Å². The third-order valence-electron chi connectivity index (χ3n) is 3.20. The quantitative estimate of drug-likeness (QED) is 0.784. The van der Waals surface area contributed by atoms with Crippen molar-refractivity contribution in [2.75, 3.05) is 24.5 Å². The third-order valence-corrected chi connectivity index (χ3v) is 3.20. The number of hydrogen-bond acceptors (Lipinski definition) is 4. The summed E-state index contributed by atoms with van der Waals surface area (Å²) in [4.78, 5) is 11.1. The van der Waals surface area contributed by atoms with Crippen LogP contribution in [0.4, 0.5) is 5.82 Å². The second-order valence-corrected chi connectivity index (χ2v) is 5.91. The van der Waals surface area contributed by atoms with E-state index in [2.05, 4.69) is 48.6 Å². The second kappa shape index (κ2) is 7.43. The molecule has 0 saturated heterocycles. The maximum absolute atomic E-state index is 5.85. The predicted molar refractivity (Wildman–Crippen MR) is 81.4 cm³/mol. The van der Waals surface area contributed by atoms with Gasteiger partial charge in [-0.05, 0) is 24.8 Å². The SMILES string of the molecule is CCCc1cc(N(CCC)CC(C)(C)CN)ncn1. The largest absolute Gasteiger partial charge is 0.356 e. The lowest BCUT2D eigenvalue weighted by atomic mass is 9.93. The minimum atomic E-state index is 0.102. The Morgan fingerprint density at radius 3 is 2.53 bits per heavy atom. The summed E-state index contributed by atoms with van der Waals surface area (Å²) in [5.74, 6) is 1.03. The Hall–Kier alpha value is -1.16.